The lowest BCUT2D eigenvalue weighted by molar-refractivity contribution is 1.32. The Morgan fingerprint density at radius 1 is 1.22 bits per heavy atom. The molecule has 0 unspecified atom stereocenters. The van der Waals surface area contributed by atoms with Gasteiger partial charge in [-0.2, -0.15) is 0 Å². The fraction of sp³-hybridized carbons (Fsp3) is 0.0769. The summed E-state index contributed by atoms with van der Waals surface area (Å²) >= 11 is 6.86. The molecule has 0 aliphatic heterocycles. The summed E-state index contributed by atoms with van der Waals surface area (Å²) in [4.78, 5) is 10.2. The minimum absolute atomic E-state index is 0.964. The Bertz CT molecular complexity index is 674. The standard InChI is InChI=1S/C13H9BrN2S2/c1-8-12(9-4-2-3-5-10(9)14)16-13(18-8)11-6-17-7-15-11/h2-7H,1H3. The van der Waals surface area contributed by atoms with Gasteiger partial charge in [0.25, 0.3) is 0 Å². The lowest BCUT2D eigenvalue weighted by Crippen LogP contribution is -1.82. The van der Waals surface area contributed by atoms with Gasteiger partial charge in [0.1, 0.15) is 10.7 Å². The topological polar surface area (TPSA) is 25.8 Å². The number of nitrogens with zero attached hydrogens (tertiary/aromatic N) is 2. The van der Waals surface area contributed by atoms with Crippen LogP contribution >= 0.6 is 38.6 Å². The average Bonchev–Trinajstić information content (AvgIpc) is 2.99. The number of rotatable bonds is 2. The van der Waals surface area contributed by atoms with Crippen molar-refractivity contribution in [3.63, 3.8) is 0 Å². The van der Waals surface area contributed by atoms with E-state index in [-0.39, 0.29) is 0 Å². The molecule has 3 aromatic rings. The molecule has 0 bridgehead atoms. The SMILES string of the molecule is Cc1sc(-c2cscn2)nc1-c1ccccc1Br. The lowest BCUT2D eigenvalue weighted by atomic mass is 10.1. The Kier molecular flexibility index (Phi) is 3.28. The minimum atomic E-state index is 0.964. The van der Waals surface area contributed by atoms with Crippen LogP contribution in [0.15, 0.2) is 39.6 Å². The Hall–Kier alpha value is -1.04. The quantitative estimate of drug-likeness (QED) is 0.657. The highest BCUT2D eigenvalue weighted by molar-refractivity contribution is 9.10. The maximum absolute atomic E-state index is 4.72. The first-order valence-corrected chi connectivity index (χ1v) is 7.92. The van der Waals surface area contributed by atoms with Crippen LogP contribution < -0.4 is 0 Å². The molecule has 0 radical (unpaired) electrons. The van der Waals surface area contributed by atoms with Crippen molar-refractivity contribution in [2.75, 3.05) is 0 Å². The van der Waals surface area contributed by atoms with Crippen LogP contribution in [0.4, 0.5) is 0 Å². The average molecular weight is 337 g/mol. The smallest absolute Gasteiger partial charge is 0.143 e. The zero-order valence-corrected chi connectivity index (χ0v) is 12.8. The second-order valence-electron chi connectivity index (χ2n) is 3.78. The maximum atomic E-state index is 4.72. The van der Waals surface area contributed by atoms with E-state index in [1.165, 1.54) is 4.88 Å². The molecule has 18 heavy (non-hydrogen) atoms. The number of thiazole rings is 2. The summed E-state index contributed by atoms with van der Waals surface area (Å²) in [6.45, 7) is 2.10. The van der Waals surface area contributed by atoms with Crippen molar-refractivity contribution in [1.29, 1.82) is 0 Å². The highest BCUT2D eigenvalue weighted by atomic mass is 79.9. The number of benzene rings is 1. The monoisotopic (exact) mass is 336 g/mol. The van der Waals surface area contributed by atoms with Gasteiger partial charge < -0.3 is 0 Å². The third-order valence-electron chi connectivity index (χ3n) is 2.58. The zero-order chi connectivity index (χ0) is 12.5. The largest absolute Gasteiger partial charge is 0.242 e. The van der Waals surface area contributed by atoms with Crippen molar-refractivity contribution in [3.8, 4) is 22.0 Å². The van der Waals surface area contributed by atoms with Crippen molar-refractivity contribution < 1.29 is 0 Å². The van der Waals surface area contributed by atoms with Crippen molar-refractivity contribution in [1.82, 2.24) is 9.97 Å². The third-order valence-corrected chi connectivity index (χ3v) is 4.85. The minimum Gasteiger partial charge on any atom is -0.242 e. The summed E-state index contributed by atoms with van der Waals surface area (Å²) in [5.74, 6) is 0. The van der Waals surface area contributed by atoms with Gasteiger partial charge in [-0.05, 0) is 13.0 Å². The van der Waals surface area contributed by atoms with Gasteiger partial charge >= 0.3 is 0 Å². The summed E-state index contributed by atoms with van der Waals surface area (Å²) in [6.07, 6.45) is 0. The van der Waals surface area contributed by atoms with E-state index in [1.54, 1.807) is 22.7 Å². The molecule has 5 heteroatoms. The molecule has 0 aliphatic carbocycles. The first-order valence-electron chi connectivity index (χ1n) is 5.36. The van der Waals surface area contributed by atoms with Crippen LogP contribution in [0.5, 0.6) is 0 Å². The van der Waals surface area contributed by atoms with Gasteiger partial charge in [0.05, 0.1) is 11.2 Å². The number of aromatic nitrogens is 2. The predicted molar refractivity (Wildman–Crippen MR) is 81.1 cm³/mol. The molecule has 0 fully saturated rings. The Labute approximate surface area is 121 Å². The van der Waals surface area contributed by atoms with Gasteiger partial charge in [-0.25, -0.2) is 9.97 Å². The van der Waals surface area contributed by atoms with Gasteiger partial charge in [-0.3, -0.25) is 0 Å². The summed E-state index contributed by atoms with van der Waals surface area (Å²) in [5, 5.41) is 3.02. The fourth-order valence-electron chi connectivity index (χ4n) is 1.73. The first kappa shape index (κ1) is 12.0. The summed E-state index contributed by atoms with van der Waals surface area (Å²) in [7, 11) is 0. The van der Waals surface area contributed by atoms with E-state index in [9.17, 15) is 0 Å². The summed E-state index contributed by atoms with van der Waals surface area (Å²) < 4.78 is 1.07. The third kappa shape index (κ3) is 2.13. The Morgan fingerprint density at radius 2 is 2.06 bits per heavy atom. The molecule has 90 valence electrons. The predicted octanol–water partition coefficient (Wildman–Crippen LogP) is 5.00. The Balaban J connectivity index is 2.12. The van der Waals surface area contributed by atoms with Gasteiger partial charge in [0.15, 0.2) is 0 Å². The summed E-state index contributed by atoms with van der Waals surface area (Å²) in [5.41, 5.74) is 4.97. The molecule has 0 N–H and O–H groups in total. The van der Waals surface area contributed by atoms with Crippen molar-refractivity contribution in [2.45, 2.75) is 6.92 Å². The summed E-state index contributed by atoms with van der Waals surface area (Å²) in [6, 6.07) is 8.16. The van der Waals surface area contributed by atoms with Gasteiger partial charge in [0.2, 0.25) is 0 Å². The molecule has 2 heterocycles. The van der Waals surface area contributed by atoms with Crippen molar-refractivity contribution in [3.05, 3.63) is 44.5 Å². The molecule has 0 saturated carbocycles. The van der Waals surface area contributed by atoms with Crippen LogP contribution in [0.1, 0.15) is 4.88 Å². The first-order chi connectivity index (χ1) is 8.75. The molecular weight excluding hydrogens is 328 g/mol. The highest BCUT2D eigenvalue weighted by Crippen LogP contribution is 2.35. The second kappa shape index (κ2) is 4.91. The lowest BCUT2D eigenvalue weighted by Gasteiger charge is -2.01. The van der Waals surface area contributed by atoms with Crippen LogP contribution in [-0.4, -0.2) is 9.97 Å². The molecule has 1 aromatic carbocycles. The molecule has 0 saturated heterocycles. The molecule has 0 atom stereocenters. The van der Waals surface area contributed by atoms with Crippen molar-refractivity contribution >= 4 is 38.6 Å². The molecule has 2 nitrogen and oxygen atoms in total. The number of hydrogen-bond donors (Lipinski definition) is 0. The normalized spacial score (nSPS) is 10.8. The van der Waals surface area contributed by atoms with Crippen LogP contribution in [0, 0.1) is 6.92 Å². The van der Waals surface area contributed by atoms with E-state index in [4.69, 9.17) is 4.98 Å². The van der Waals surface area contributed by atoms with E-state index in [0.29, 0.717) is 0 Å². The van der Waals surface area contributed by atoms with Gasteiger partial charge in [0, 0.05) is 20.3 Å². The molecule has 3 rings (SSSR count). The van der Waals surface area contributed by atoms with Gasteiger partial charge in [-0.15, -0.1) is 22.7 Å². The van der Waals surface area contributed by atoms with E-state index in [0.717, 1.165) is 26.4 Å². The van der Waals surface area contributed by atoms with E-state index in [1.807, 2.05) is 29.1 Å². The van der Waals surface area contributed by atoms with E-state index >= 15 is 0 Å². The molecular formula is C13H9BrN2S2. The highest BCUT2D eigenvalue weighted by Gasteiger charge is 2.14. The number of halogens is 1. The zero-order valence-electron chi connectivity index (χ0n) is 9.55. The second-order valence-corrected chi connectivity index (χ2v) is 6.55. The maximum Gasteiger partial charge on any atom is 0.143 e. The van der Waals surface area contributed by atoms with Gasteiger partial charge in [-0.1, -0.05) is 34.1 Å². The molecule has 2 aromatic heterocycles. The van der Waals surface area contributed by atoms with Crippen molar-refractivity contribution in [2.24, 2.45) is 0 Å². The van der Waals surface area contributed by atoms with Crippen LogP contribution in [0.2, 0.25) is 0 Å². The van der Waals surface area contributed by atoms with E-state index in [2.05, 4.69) is 33.9 Å². The molecule has 0 aliphatic rings. The molecule has 0 amide bonds. The van der Waals surface area contributed by atoms with Crippen LogP contribution in [0.3, 0.4) is 0 Å². The molecule has 0 spiro atoms. The number of hydrogen-bond acceptors (Lipinski definition) is 4. The Morgan fingerprint density at radius 3 is 2.78 bits per heavy atom. The van der Waals surface area contributed by atoms with E-state index < -0.39 is 0 Å². The van der Waals surface area contributed by atoms with Crippen LogP contribution in [0.25, 0.3) is 22.0 Å². The fourth-order valence-corrected chi connectivity index (χ4v) is 3.71. The van der Waals surface area contributed by atoms with Crippen LogP contribution in [-0.2, 0) is 0 Å². The number of aryl methyl sites for hydroxylation is 1.